The van der Waals surface area contributed by atoms with Gasteiger partial charge in [-0.1, -0.05) is 0 Å². The van der Waals surface area contributed by atoms with E-state index in [0.29, 0.717) is 22.9 Å². The second kappa shape index (κ2) is 6.97. The molecule has 28 heavy (non-hydrogen) atoms. The van der Waals surface area contributed by atoms with E-state index in [2.05, 4.69) is 15.4 Å². The highest BCUT2D eigenvalue weighted by molar-refractivity contribution is 5.94. The first-order valence-corrected chi connectivity index (χ1v) is 8.63. The van der Waals surface area contributed by atoms with Gasteiger partial charge in [0.05, 0.1) is 12.2 Å². The molecule has 9 nitrogen and oxygen atoms in total. The third-order valence-corrected chi connectivity index (χ3v) is 4.45. The monoisotopic (exact) mass is 387 g/mol. The van der Waals surface area contributed by atoms with Gasteiger partial charge in [0.1, 0.15) is 29.9 Å². The van der Waals surface area contributed by atoms with Gasteiger partial charge in [-0.25, -0.2) is 18.7 Å². The maximum absolute atomic E-state index is 14.1. The van der Waals surface area contributed by atoms with E-state index in [4.69, 9.17) is 15.2 Å². The van der Waals surface area contributed by atoms with Gasteiger partial charge in [-0.3, -0.25) is 0 Å². The summed E-state index contributed by atoms with van der Waals surface area (Å²) >= 11 is 0. The number of aromatic nitrogens is 3. The number of anilines is 1. The highest BCUT2D eigenvalue weighted by Crippen LogP contribution is 2.39. The van der Waals surface area contributed by atoms with Crippen LogP contribution in [0.4, 0.5) is 10.2 Å². The molecule has 0 saturated carbocycles. The van der Waals surface area contributed by atoms with Gasteiger partial charge in [-0.15, -0.1) is 0 Å². The van der Waals surface area contributed by atoms with Gasteiger partial charge in [0.25, 0.3) is 0 Å². The fraction of sp³-hybridized carbons (Fsp3) is 0.278. The summed E-state index contributed by atoms with van der Waals surface area (Å²) in [6.45, 7) is 2.35. The van der Waals surface area contributed by atoms with Crippen molar-refractivity contribution >= 4 is 17.4 Å². The molecule has 0 amide bonds. The van der Waals surface area contributed by atoms with Crippen LogP contribution in [0, 0.1) is 5.82 Å². The van der Waals surface area contributed by atoms with Crippen LogP contribution in [0.5, 0.6) is 11.5 Å². The Morgan fingerprint density at radius 2 is 2.36 bits per heavy atom. The number of hydrogen-bond acceptors (Lipinski definition) is 7. The van der Waals surface area contributed by atoms with Crippen LogP contribution >= 0.6 is 0 Å². The molecule has 0 saturated heterocycles. The van der Waals surface area contributed by atoms with Crippen molar-refractivity contribution in [3.63, 3.8) is 0 Å². The molecule has 2 atom stereocenters. The van der Waals surface area contributed by atoms with E-state index in [9.17, 15) is 14.3 Å². The normalized spacial score (nSPS) is 16.8. The second-order valence-corrected chi connectivity index (χ2v) is 6.42. The van der Waals surface area contributed by atoms with Gasteiger partial charge in [-0.2, -0.15) is 5.10 Å². The van der Waals surface area contributed by atoms with Crippen molar-refractivity contribution in [2.45, 2.75) is 19.1 Å². The zero-order valence-electron chi connectivity index (χ0n) is 14.9. The summed E-state index contributed by atoms with van der Waals surface area (Å²) in [6.07, 6.45) is 2.50. The summed E-state index contributed by atoms with van der Waals surface area (Å²) in [5.74, 6) is -0.416. The fourth-order valence-corrected chi connectivity index (χ4v) is 3.06. The lowest BCUT2D eigenvalue weighted by Crippen LogP contribution is -2.36. The van der Waals surface area contributed by atoms with Crippen LogP contribution in [0.3, 0.4) is 0 Å². The van der Waals surface area contributed by atoms with Crippen molar-refractivity contribution in [3.8, 4) is 11.5 Å². The number of ether oxygens (including phenoxy) is 2. The van der Waals surface area contributed by atoms with Crippen molar-refractivity contribution < 1.29 is 23.8 Å². The Labute approximate surface area is 158 Å². The van der Waals surface area contributed by atoms with Crippen LogP contribution < -0.4 is 20.5 Å². The van der Waals surface area contributed by atoms with E-state index in [-0.39, 0.29) is 30.5 Å². The molecule has 1 aliphatic heterocycles. The minimum Gasteiger partial charge on any atom is -0.485 e. The molecule has 1 aromatic carbocycles. The van der Waals surface area contributed by atoms with Gasteiger partial charge in [-0.05, 0) is 19.1 Å². The summed E-state index contributed by atoms with van der Waals surface area (Å²) in [5.41, 5.74) is 6.35. The van der Waals surface area contributed by atoms with Crippen LogP contribution in [0.1, 0.15) is 28.9 Å². The van der Waals surface area contributed by atoms with E-state index in [1.54, 1.807) is 12.3 Å². The maximum atomic E-state index is 14.1. The number of carboxylic acid groups (broad SMARTS) is 1. The van der Waals surface area contributed by atoms with Crippen LogP contribution in [0.25, 0.3) is 5.65 Å². The van der Waals surface area contributed by atoms with Crippen LogP contribution in [-0.4, -0.2) is 44.9 Å². The first-order chi connectivity index (χ1) is 13.5. The lowest BCUT2D eigenvalue weighted by molar-refractivity contribution is 0.0698. The first-order valence-electron chi connectivity index (χ1n) is 8.63. The molecule has 3 aromatic rings. The van der Waals surface area contributed by atoms with Crippen molar-refractivity contribution in [1.29, 1.82) is 0 Å². The molecule has 0 bridgehead atoms. The zero-order chi connectivity index (χ0) is 19.8. The number of carbonyl (C=O) groups is 1. The number of fused-ring (bicyclic) bond motifs is 2. The van der Waals surface area contributed by atoms with Crippen molar-refractivity contribution in [2.24, 2.45) is 5.73 Å². The Morgan fingerprint density at radius 1 is 1.54 bits per heavy atom. The number of nitrogens with one attached hydrogen (secondary N) is 1. The number of aromatic carboxylic acids is 1. The molecule has 0 aliphatic carbocycles. The summed E-state index contributed by atoms with van der Waals surface area (Å²) in [5, 5.41) is 16.3. The maximum Gasteiger partial charge on any atom is 0.341 e. The van der Waals surface area contributed by atoms with E-state index >= 15 is 0 Å². The van der Waals surface area contributed by atoms with Crippen LogP contribution in [-0.2, 0) is 0 Å². The summed E-state index contributed by atoms with van der Waals surface area (Å²) in [4.78, 5) is 15.6. The Kier molecular flexibility index (Phi) is 4.47. The molecule has 146 valence electrons. The van der Waals surface area contributed by atoms with E-state index in [0.717, 1.165) is 0 Å². The first kappa shape index (κ1) is 18.0. The summed E-state index contributed by atoms with van der Waals surface area (Å²) in [6, 6.07) is 3.88. The quantitative estimate of drug-likeness (QED) is 0.606. The average Bonchev–Trinajstić information content (AvgIpc) is 3.10. The number of benzene rings is 1. The molecule has 3 heterocycles. The number of nitrogens with two attached hydrogens (primary N) is 1. The largest absolute Gasteiger partial charge is 0.485 e. The lowest BCUT2D eigenvalue weighted by Gasteiger charge is -2.29. The number of carboxylic acids is 1. The molecule has 0 radical (unpaired) electrons. The molecule has 4 N–H and O–H groups in total. The number of nitrogens with zero attached hydrogens (tertiary/aromatic N) is 3. The topological polar surface area (TPSA) is 124 Å². The second-order valence-electron chi connectivity index (χ2n) is 6.42. The molecule has 1 aliphatic rings. The Bertz CT molecular complexity index is 1050. The smallest absolute Gasteiger partial charge is 0.341 e. The molecular formula is C18H18FN5O4. The number of halogens is 1. The zero-order valence-corrected chi connectivity index (χ0v) is 14.9. The lowest BCUT2D eigenvalue weighted by atomic mass is 10.1. The fourth-order valence-electron chi connectivity index (χ4n) is 3.06. The van der Waals surface area contributed by atoms with E-state index < -0.39 is 17.8 Å². The standard InChI is InChI=1S/C18H18FN5O4/c1-9(12-4-10(19)5-14-16(12)27-8-11(6-20)28-14)22-15-2-3-24-17(23-15)13(7-21-24)18(25)26/h2-5,7,9,11H,6,8,20H2,1H3,(H,22,23)(H,25,26)/t9?,11-/m0/s1. The van der Waals surface area contributed by atoms with E-state index in [1.807, 2.05) is 6.92 Å². The molecular weight excluding hydrogens is 369 g/mol. The summed E-state index contributed by atoms with van der Waals surface area (Å²) in [7, 11) is 0. The van der Waals surface area contributed by atoms with Crippen LogP contribution in [0.2, 0.25) is 0 Å². The van der Waals surface area contributed by atoms with E-state index in [1.165, 1.54) is 22.8 Å². The SMILES string of the molecule is CC(Nc1ccn2ncc(C(=O)O)c2n1)c1cc(F)cc2c1OC[C@H](CN)O2. The predicted molar refractivity (Wildman–Crippen MR) is 97.3 cm³/mol. The third kappa shape index (κ3) is 3.18. The molecule has 4 rings (SSSR count). The van der Waals surface area contributed by atoms with Gasteiger partial charge >= 0.3 is 5.97 Å². The third-order valence-electron chi connectivity index (χ3n) is 4.45. The molecule has 0 spiro atoms. The minimum absolute atomic E-state index is 0.0102. The van der Waals surface area contributed by atoms with Crippen molar-refractivity contribution in [1.82, 2.24) is 14.6 Å². The Balaban J connectivity index is 1.65. The van der Waals surface area contributed by atoms with Crippen molar-refractivity contribution in [2.75, 3.05) is 18.5 Å². The van der Waals surface area contributed by atoms with Gasteiger partial charge in [0.2, 0.25) is 0 Å². The minimum atomic E-state index is -1.12. The predicted octanol–water partition coefficient (Wildman–Crippen LogP) is 1.84. The number of rotatable bonds is 5. The average molecular weight is 387 g/mol. The number of hydrogen-bond donors (Lipinski definition) is 3. The van der Waals surface area contributed by atoms with Gasteiger partial charge in [0, 0.05) is 24.4 Å². The highest BCUT2D eigenvalue weighted by atomic mass is 19.1. The Hall–Kier alpha value is -3.40. The molecule has 2 aromatic heterocycles. The summed E-state index contributed by atoms with van der Waals surface area (Å²) < 4.78 is 26.9. The van der Waals surface area contributed by atoms with Crippen LogP contribution in [0.15, 0.2) is 30.6 Å². The van der Waals surface area contributed by atoms with Crippen molar-refractivity contribution in [3.05, 3.63) is 47.5 Å². The van der Waals surface area contributed by atoms with Gasteiger partial charge < -0.3 is 25.6 Å². The molecule has 1 unspecified atom stereocenters. The molecule has 10 heteroatoms. The highest BCUT2D eigenvalue weighted by Gasteiger charge is 2.26. The Morgan fingerprint density at radius 3 is 3.11 bits per heavy atom. The molecule has 0 fully saturated rings. The van der Waals surface area contributed by atoms with Gasteiger partial charge in [0.15, 0.2) is 17.1 Å².